The maximum absolute atomic E-state index is 13.3. The highest BCUT2D eigenvalue weighted by atomic mass is 16.5. The van der Waals surface area contributed by atoms with Crippen molar-refractivity contribution in [3.63, 3.8) is 0 Å². The van der Waals surface area contributed by atoms with Crippen molar-refractivity contribution in [3.05, 3.63) is 84.0 Å². The largest absolute Gasteiger partial charge is 0.489 e. The van der Waals surface area contributed by atoms with Gasteiger partial charge in [0.2, 0.25) is 5.82 Å². The molecular weight excluding hydrogens is 486 g/mol. The van der Waals surface area contributed by atoms with E-state index >= 15 is 0 Å². The Hall–Kier alpha value is -4.58. The first-order valence-corrected chi connectivity index (χ1v) is 12.4. The van der Waals surface area contributed by atoms with Gasteiger partial charge in [-0.2, -0.15) is 5.10 Å². The van der Waals surface area contributed by atoms with Crippen LogP contribution in [-0.2, 0) is 31.0 Å². The van der Waals surface area contributed by atoms with Crippen LogP contribution in [0.15, 0.2) is 61.2 Å². The molecule has 4 heterocycles. The second kappa shape index (κ2) is 10.1. The predicted octanol–water partition coefficient (Wildman–Crippen LogP) is 1.09. The van der Waals surface area contributed by atoms with Crippen molar-refractivity contribution in [2.45, 2.75) is 32.2 Å². The Labute approximate surface area is 218 Å². The highest BCUT2D eigenvalue weighted by Crippen LogP contribution is 2.32. The third kappa shape index (κ3) is 4.85. The van der Waals surface area contributed by atoms with Crippen molar-refractivity contribution in [1.29, 1.82) is 0 Å². The second-order valence-electron chi connectivity index (χ2n) is 9.40. The summed E-state index contributed by atoms with van der Waals surface area (Å²) >= 11 is 0. The van der Waals surface area contributed by atoms with Crippen molar-refractivity contribution in [3.8, 4) is 5.75 Å². The maximum atomic E-state index is 13.3. The number of carbonyl (C=O) groups is 2. The summed E-state index contributed by atoms with van der Waals surface area (Å²) in [6.07, 6.45) is 3.09. The molecule has 0 fully saturated rings. The minimum Gasteiger partial charge on any atom is -0.489 e. The maximum Gasteiger partial charge on any atom is 0.291 e. The summed E-state index contributed by atoms with van der Waals surface area (Å²) in [5.74, 6) is 0.725. The summed E-state index contributed by atoms with van der Waals surface area (Å²) in [6.45, 7) is 3.58. The Morgan fingerprint density at radius 2 is 1.95 bits per heavy atom. The van der Waals surface area contributed by atoms with Gasteiger partial charge in [-0.15, -0.1) is 5.10 Å². The quantitative estimate of drug-likeness (QED) is 0.407. The zero-order valence-electron chi connectivity index (χ0n) is 20.9. The van der Waals surface area contributed by atoms with Gasteiger partial charge in [0, 0.05) is 20.1 Å². The molecule has 2 amide bonds. The van der Waals surface area contributed by atoms with Gasteiger partial charge in [0.05, 0.1) is 25.3 Å². The Kier molecular flexibility index (Phi) is 6.30. The van der Waals surface area contributed by atoms with Crippen molar-refractivity contribution < 1.29 is 14.3 Å². The van der Waals surface area contributed by atoms with Crippen molar-refractivity contribution in [2.24, 2.45) is 0 Å². The summed E-state index contributed by atoms with van der Waals surface area (Å²) < 4.78 is 9.46. The fourth-order valence-corrected chi connectivity index (χ4v) is 4.72. The standard InChI is InChI=1S/C26H27N9O3/c1-32-21-11-19(12-33-9-10-35-23(14-33)27-16-29-35)7-8-22(21)38-15-20(26(32)37)30-25(36)24-28-17-34(31-24)13-18-5-3-2-4-6-18/h2-8,11,16-17,20H,9-10,12-15H2,1H3,(H,30,36)/t20-/m0/s1. The molecule has 0 aliphatic carbocycles. The smallest absolute Gasteiger partial charge is 0.291 e. The number of fused-ring (bicyclic) bond motifs is 2. The molecule has 38 heavy (non-hydrogen) atoms. The van der Waals surface area contributed by atoms with Crippen LogP contribution in [0.5, 0.6) is 5.75 Å². The van der Waals surface area contributed by atoms with Gasteiger partial charge in [-0.3, -0.25) is 14.5 Å². The van der Waals surface area contributed by atoms with Crippen molar-refractivity contribution in [2.75, 3.05) is 25.1 Å². The molecule has 0 bridgehead atoms. The summed E-state index contributed by atoms with van der Waals surface area (Å²) in [4.78, 5) is 38.4. The number of carbonyl (C=O) groups excluding carboxylic acids is 2. The molecule has 2 aromatic heterocycles. The Morgan fingerprint density at radius 1 is 1.08 bits per heavy atom. The van der Waals surface area contributed by atoms with Crippen LogP contribution in [0.1, 0.15) is 27.6 Å². The normalized spacial score (nSPS) is 17.3. The van der Waals surface area contributed by atoms with Gasteiger partial charge in [0.1, 0.15) is 36.9 Å². The molecule has 4 aromatic rings. The van der Waals surface area contributed by atoms with Crippen molar-refractivity contribution >= 4 is 17.5 Å². The molecule has 0 unspecified atom stereocenters. The van der Waals surface area contributed by atoms with E-state index in [-0.39, 0.29) is 18.3 Å². The van der Waals surface area contributed by atoms with Crippen molar-refractivity contribution in [1.82, 2.24) is 39.7 Å². The van der Waals surface area contributed by atoms with Crippen LogP contribution in [-0.4, -0.2) is 72.5 Å². The van der Waals surface area contributed by atoms with Crippen LogP contribution in [0, 0.1) is 0 Å². The lowest BCUT2D eigenvalue weighted by Crippen LogP contribution is -2.49. The number of nitrogens with zero attached hydrogens (tertiary/aromatic N) is 8. The molecular formula is C26H27N9O3. The molecule has 6 rings (SSSR count). The van der Waals surface area contributed by atoms with Crippen LogP contribution >= 0.6 is 0 Å². The lowest BCUT2D eigenvalue weighted by molar-refractivity contribution is -0.120. The lowest BCUT2D eigenvalue weighted by atomic mass is 10.1. The molecule has 194 valence electrons. The van der Waals surface area contributed by atoms with Gasteiger partial charge >= 0.3 is 0 Å². The molecule has 12 nitrogen and oxygen atoms in total. The first-order chi connectivity index (χ1) is 18.5. The van der Waals surface area contributed by atoms with Crippen LogP contribution in [0.2, 0.25) is 0 Å². The molecule has 0 saturated heterocycles. The number of anilines is 1. The molecule has 0 spiro atoms. The van der Waals surface area contributed by atoms with E-state index in [2.05, 4.69) is 30.4 Å². The first-order valence-electron chi connectivity index (χ1n) is 12.4. The molecule has 0 radical (unpaired) electrons. The Bertz CT molecular complexity index is 1470. The third-order valence-electron chi connectivity index (χ3n) is 6.75. The number of likely N-dealkylation sites (N-methyl/N-ethyl adjacent to an activating group) is 1. The molecule has 1 atom stereocenters. The van der Waals surface area contributed by atoms with E-state index in [1.54, 1.807) is 18.1 Å². The second-order valence-corrected chi connectivity index (χ2v) is 9.40. The van der Waals surface area contributed by atoms with E-state index < -0.39 is 11.9 Å². The summed E-state index contributed by atoms with van der Waals surface area (Å²) in [5, 5.41) is 11.2. The number of hydrogen-bond donors (Lipinski definition) is 1. The lowest BCUT2D eigenvalue weighted by Gasteiger charge is -2.27. The number of rotatable bonds is 6. The van der Waals surface area contributed by atoms with Gasteiger partial charge in [-0.1, -0.05) is 36.4 Å². The average Bonchev–Trinajstić information content (AvgIpc) is 3.58. The Balaban J connectivity index is 1.11. The zero-order valence-corrected chi connectivity index (χ0v) is 20.9. The summed E-state index contributed by atoms with van der Waals surface area (Å²) in [6, 6.07) is 14.7. The minimum atomic E-state index is -0.877. The van der Waals surface area contributed by atoms with Crippen LogP contribution in [0.3, 0.4) is 0 Å². The molecule has 2 aromatic carbocycles. The Morgan fingerprint density at radius 3 is 2.82 bits per heavy atom. The van der Waals surface area contributed by atoms with Gasteiger partial charge in [-0.25, -0.2) is 19.3 Å². The van der Waals surface area contributed by atoms with Gasteiger partial charge in [0.25, 0.3) is 11.8 Å². The van der Waals surface area contributed by atoms with E-state index in [1.165, 1.54) is 11.2 Å². The van der Waals surface area contributed by atoms with E-state index in [0.717, 1.165) is 30.0 Å². The molecule has 2 aliphatic heterocycles. The number of ether oxygens (including phenoxy) is 1. The molecule has 0 saturated carbocycles. The van der Waals surface area contributed by atoms with Gasteiger partial charge in [0.15, 0.2) is 0 Å². The molecule has 12 heteroatoms. The number of hydrogen-bond acceptors (Lipinski definition) is 8. The van der Waals surface area contributed by atoms with E-state index in [4.69, 9.17) is 4.74 Å². The first kappa shape index (κ1) is 23.8. The van der Waals surface area contributed by atoms with Crippen LogP contribution in [0.4, 0.5) is 5.69 Å². The molecule has 2 aliphatic rings. The fraction of sp³-hybridized carbons (Fsp3) is 0.308. The van der Waals surface area contributed by atoms with E-state index in [9.17, 15) is 9.59 Å². The molecule has 1 N–H and O–H groups in total. The van der Waals surface area contributed by atoms with Gasteiger partial charge < -0.3 is 15.0 Å². The van der Waals surface area contributed by atoms with E-state index in [0.29, 0.717) is 31.1 Å². The average molecular weight is 514 g/mol. The monoisotopic (exact) mass is 513 g/mol. The topological polar surface area (TPSA) is 123 Å². The number of benzene rings is 2. The highest BCUT2D eigenvalue weighted by molar-refractivity contribution is 6.02. The zero-order chi connectivity index (χ0) is 26.1. The minimum absolute atomic E-state index is 0.00204. The van der Waals surface area contributed by atoms with Gasteiger partial charge in [-0.05, 0) is 23.3 Å². The van der Waals surface area contributed by atoms with Crippen LogP contribution < -0.4 is 15.0 Å². The summed E-state index contributed by atoms with van der Waals surface area (Å²) in [5.41, 5.74) is 2.75. The van der Waals surface area contributed by atoms with Crippen LogP contribution in [0.25, 0.3) is 0 Å². The predicted molar refractivity (Wildman–Crippen MR) is 136 cm³/mol. The fourth-order valence-electron chi connectivity index (χ4n) is 4.72. The van der Waals surface area contributed by atoms with E-state index in [1.807, 2.05) is 53.2 Å². The highest BCUT2D eigenvalue weighted by Gasteiger charge is 2.32. The SMILES string of the molecule is CN1C(=O)[C@@H](NC(=O)c2ncn(Cc3ccccc3)n2)COc2ccc(CN3CCn4ncnc4C3)cc21. The third-order valence-corrected chi connectivity index (χ3v) is 6.75. The summed E-state index contributed by atoms with van der Waals surface area (Å²) in [7, 11) is 1.69. The number of amides is 2. The number of nitrogens with one attached hydrogen (secondary N) is 1. The number of aromatic nitrogens is 6.